The second-order valence-electron chi connectivity index (χ2n) is 9.84. The van der Waals surface area contributed by atoms with Crippen LogP contribution in [0.4, 0.5) is 0 Å². The van der Waals surface area contributed by atoms with E-state index in [1.54, 1.807) is 0 Å². The molecule has 2 saturated heterocycles. The molecule has 3 aliphatic rings. The van der Waals surface area contributed by atoms with E-state index < -0.39 is 0 Å². The number of rotatable bonds is 4. The molecule has 2 heteroatoms. The molecule has 0 aromatic heterocycles. The maximum Gasteiger partial charge on any atom is 0.0549 e. The first-order valence-electron chi connectivity index (χ1n) is 10.9. The molecule has 3 rings (SSSR count). The van der Waals surface area contributed by atoms with Gasteiger partial charge in [0.25, 0.3) is 0 Å². The molecule has 0 bridgehead atoms. The first kappa shape index (κ1) is 32.6. The molecule has 0 radical (unpaired) electrons. The van der Waals surface area contributed by atoms with Gasteiger partial charge in [-0.3, -0.25) is 0 Å². The van der Waals surface area contributed by atoms with Gasteiger partial charge in [0.05, 0.1) is 13.2 Å². The van der Waals surface area contributed by atoms with Crippen molar-refractivity contribution in [1.29, 1.82) is 0 Å². The predicted octanol–water partition coefficient (Wildman–Crippen LogP) is 8.34. The lowest BCUT2D eigenvalue weighted by Gasteiger charge is -2.48. The molecule has 0 aromatic carbocycles. The highest BCUT2D eigenvalue weighted by Crippen LogP contribution is 2.42. The summed E-state index contributed by atoms with van der Waals surface area (Å²) >= 11 is 0. The van der Waals surface area contributed by atoms with Gasteiger partial charge in [-0.2, -0.15) is 0 Å². The van der Waals surface area contributed by atoms with Gasteiger partial charge in [0.15, 0.2) is 0 Å². The number of hydrogen-bond donors (Lipinski definition) is 0. The third kappa shape index (κ3) is 9.61. The van der Waals surface area contributed by atoms with Crippen LogP contribution in [0.25, 0.3) is 0 Å². The highest BCUT2D eigenvalue weighted by atomic mass is 16.5. The van der Waals surface area contributed by atoms with E-state index in [2.05, 4.69) is 55.4 Å². The van der Waals surface area contributed by atoms with Crippen molar-refractivity contribution in [1.82, 2.24) is 0 Å². The number of ether oxygens (including phenoxy) is 2. The molecule has 0 N–H and O–H groups in total. The zero-order valence-electron chi connectivity index (χ0n) is 18.4. The summed E-state index contributed by atoms with van der Waals surface area (Å²) in [5.74, 6) is 5.23. The number of hydrogen-bond acceptors (Lipinski definition) is 2. The van der Waals surface area contributed by atoms with E-state index in [-0.39, 0.29) is 22.3 Å². The maximum absolute atomic E-state index is 5.26. The molecule has 1 unspecified atom stereocenters. The lowest BCUT2D eigenvalue weighted by molar-refractivity contribution is -0.164. The Balaban J connectivity index is -0.000000322. The van der Waals surface area contributed by atoms with Gasteiger partial charge in [-0.15, -0.1) is 0 Å². The van der Waals surface area contributed by atoms with Crippen LogP contribution in [0.5, 0.6) is 0 Å². The summed E-state index contributed by atoms with van der Waals surface area (Å²) in [6.07, 6.45) is 5.76. The minimum Gasteiger partial charge on any atom is -0.381 e. The van der Waals surface area contributed by atoms with Gasteiger partial charge in [-0.05, 0) is 41.9 Å². The van der Waals surface area contributed by atoms with Gasteiger partial charge >= 0.3 is 0 Å². The van der Waals surface area contributed by atoms with Crippen molar-refractivity contribution >= 4 is 0 Å². The Morgan fingerprint density at radius 3 is 1.18 bits per heavy atom. The van der Waals surface area contributed by atoms with E-state index in [1.807, 2.05) is 0 Å². The fourth-order valence-electron chi connectivity index (χ4n) is 3.86. The monoisotopic (exact) mass is 402 g/mol. The smallest absolute Gasteiger partial charge is 0.0549 e. The van der Waals surface area contributed by atoms with Crippen LogP contribution in [0.3, 0.4) is 0 Å². The minimum atomic E-state index is 0. The van der Waals surface area contributed by atoms with E-state index in [1.165, 1.54) is 25.7 Å². The molecule has 3 fully saturated rings. The Kier molecular flexibility index (Phi) is 18.3. The zero-order chi connectivity index (χ0) is 19.0. The van der Waals surface area contributed by atoms with Crippen LogP contribution < -0.4 is 0 Å². The van der Waals surface area contributed by atoms with Crippen molar-refractivity contribution in [3.63, 3.8) is 0 Å². The summed E-state index contributed by atoms with van der Waals surface area (Å²) in [5, 5.41) is 0. The first-order valence-corrected chi connectivity index (χ1v) is 10.9. The van der Waals surface area contributed by atoms with Crippen LogP contribution in [-0.2, 0) is 9.47 Å². The molecule has 1 saturated carbocycles. The molecular weight excluding hydrogens is 344 g/mol. The molecule has 1 aliphatic carbocycles. The van der Waals surface area contributed by atoms with Gasteiger partial charge in [-0.1, -0.05) is 96.9 Å². The van der Waals surface area contributed by atoms with Gasteiger partial charge in [-0.25, -0.2) is 0 Å². The van der Waals surface area contributed by atoms with Crippen LogP contribution in [0.2, 0.25) is 0 Å². The van der Waals surface area contributed by atoms with E-state index in [4.69, 9.17) is 9.47 Å². The quantitative estimate of drug-likeness (QED) is 0.470. The molecule has 174 valence electrons. The Hall–Kier alpha value is -0.0800. The van der Waals surface area contributed by atoms with Crippen molar-refractivity contribution in [2.24, 2.45) is 40.9 Å². The van der Waals surface area contributed by atoms with Gasteiger partial charge in [0, 0.05) is 18.6 Å². The largest absolute Gasteiger partial charge is 0.381 e. The third-order valence-corrected chi connectivity index (χ3v) is 7.04. The zero-order valence-corrected chi connectivity index (χ0v) is 18.4. The van der Waals surface area contributed by atoms with E-state index in [0.29, 0.717) is 5.41 Å². The normalized spacial score (nSPS) is 22.5. The molecule has 0 spiro atoms. The minimum absolute atomic E-state index is 0. The van der Waals surface area contributed by atoms with Crippen molar-refractivity contribution < 1.29 is 9.47 Å². The standard InChI is InChI=1S/C9H18O.C7H14O.C7H14.3CH4/c1-7(2)9(8(3)4)5-10-6-9;1-6(2)7-3-4-8-5-7;1-6(2)7-4-3-5-7;;;/h7-8H,5-6H2,1-4H3;6-7H,3-5H2,1-2H3;6-7H,3-5H2,1-2H3;3*1H4. The first-order chi connectivity index (χ1) is 11.7. The van der Waals surface area contributed by atoms with Crippen molar-refractivity contribution in [3.05, 3.63) is 0 Å². The molecule has 2 nitrogen and oxygen atoms in total. The van der Waals surface area contributed by atoms with Crippen LogP contribution >= 0.6 is 0 Å². The fraction of sp³-hybridized carbons (Fsp3) is 1.00. The van der Waals surface area contributed by atoms with Gasteiger partial charge in [0.1, 0.15) is 0 Å². The summed E-state index contributed by atoms with van der Waals surface area (Å²) in [4.78, 5) is 0. The molecule has 2 aliphatic heterocycles. The molecule has 1 atom stereocenters. The lowest BCUT2D eigenvalue weighted by Crippen LogP contribution is -2.50. The average Bonchev–Trinajstić information content (AvgIpc) is 2.88. The third-order valence-electron chi connectivity index (χ3n) is 7.04. The fourth-order valence-corrected chi connectivity index (χ4v) is 3.86. The Labute approximate surface area is 180 Å². The summed E-state index contributed by atoms with van der Waals surface area (Å²) in [5.41, 5.74) is 0.500. The second-order valence-corrected chi connectivity index (χ2v) is 9.84. The summed E-state index contributed by atoms with van der Waals surface area (Å²) in [7, 11) is 0. The molecule has 0 aromatic rings. The highest BCUT2D eigenvalue weighted by Gasteiger charge is 2.43. The van der Waals surface area contributed by atoms with E-state index in [9.17, 15) is 0 Å². The summed E-state index contributed by atoms with van der Waals surface area (Å²) in [6.45, 7) is 22.3. The van der Waals surface area contributed by atoms with E-state index >= 15 is 0 Å². The van der Waals surface area contributed by atoms with Crippen LogP contribution in [0, 0.1) is 40.9 Å². The molecule has 0 amide bonds. The molecular formula is C26H58O2. The predicted molar refractivity (Wildman–Crippen MR) is 129 cm³/mol. The Morgan fingerprint density at radius 2 is 1.11 bits per heavy atom. The van der Waals surface area contributed by atoms with Crippen molar-refractivity contribution in [3.8, 4) is 0 Å². The lowest BCUT2D eigenvalue weighted by atomic mass is 9.67. The van der Waals surface area contributed by atoms with Crippen LogP contribution in [0.1, 0.15) is 103 Å². The highest BCUT2D eigenvalue weighted by molar-refractivity contribution is 4.90. The topological polar surface area (TPSA) is 18.5 Å². The molecule has 28 heavy (non-hydrogen) atoms. The van der Waals surface area contributed by atoms with Crippen molar-refractivity contribution in [2.75, 3.05) is 26.4 Å². The van der Waals surface area contributed by atoms with Gasteiger partial charge in [0.2, 0.25) is 0 Å². The van der Waals surface area contributed by atoms with E-state index in [0.717, 1.165) is 61.9 Å². The summed E-state index contributed by atoms with van der Waals surface area (Å²) in [6, 6.07) is 0. The molecule has 2 heterocycles. The second kappa shape index (κ2) is 15.7. The SMILES string of the molecule is C.C.C.CC(C)C1(C(C)C)COC1.CC(C)C1CCC1.CC(C)C1CCOC1. The average molecular weight is 403 g/mol. The summed E-state index contributed by atoms with van der Waals surface area (Å²) < 4.78 is 10.5. The van der Waals surface area contributed by atoms with Gasteiger partial charge < -0.3 is 9.47 Å². The Bertz CT molecular complexity index is 322. The van der Waals surface area contributed by atoms with Crippen LogP contribution in [-0.4, -0.2) is 26.4 Å². The maximum atomic E-state index is 5.26. The van der Waals surface area contributed by atoms with Crippen molar-refractivity contribution in [2.45, 2.75) is 103 Å². The van der Waals surface area contributed by atoms with Crippen LogP contribution in [0.15, 0.2) is 0 Å². The Morgan fingerprint density at radius 1 is 0.643 bits per heavy atom.